The van der Waals surface area contributed by atoms with Crippen molar-refractivity contribution >= 4 is 17.4 Å². The third-order valence-electron chi connectivity index (χ3n) is 2.35. The Morgan fingerprint density at radius 2 is 2.11 bits per heavy atom. The van der Waals surface area contributed by atoms with Crippen LogP contribution in [-0.4, -0.2) is 53.5 Å². The number of carbonyl (C=O) groups is 1. The van der Waals surface area contributed by atoms with Crippen molar-refractivity contribution in [1.29, 1.82) is 0 Å². The molecule has 0 unspecified atom stereocenters. The molecule has 19 heavy (non-hydrogen) atoms. The molecule has 0 N–H and O–H groups in total. The summed E-state index contributed by atoms with van der Waals surface area (Å²) in [5, 5.41) is 3.27. The van der Waals surface area contributed by atoms with Gasteiger partial charge in [0.2, 0.25) is 0 Å². The molecule has 0 fully saturated rings. The van der Waals surface area contributed by atoms with Crippen LogP contribution < -0.4 is 0 Å². The van der Waals surface area contributed by atoms with Crippen LogP contribution in [0.5, 0.6) is 0 Å². The highest BCUT2D eigenvalue weighted by molar-refractivity contribution is 6.33. The van der Waals surface area contributed by atoms with Crippen LogP contribution in [0.3, 0.4) is 0 Å². The lowest BCUT2D eigenvalue weighted by Crippen LogP contribution is -2.38. The summed E-state index contributed by atoms with van der Waals surface area (Å²) < 4.78 is 51.4. The fourth-order valence-corrected chi connectivity index (χ4v) is 1.54. The van der Waals surface area contributed by atoms with Crippen molar-refractivity contribution in [2.75, 3.05) is 20.6 Å². The van der Waals surface area contributed by atoms with E-state index in [0.717, 1.165) is 10.9 Å². The molecule has 4 nitrogen and oxygen atoms in total. The third kappa shape index (κ3) is 3.44. The maximum atomic E-state index is 13.1. The number of alkyl halides is 4. The number of aromatic nitrogens is 2. The zero-order valence-electron chi connectivity index (χ0n) is 10.2. The van der Waals surface area contributed by atoms with Gasteiger partial charge in [0.05, 0.1) is 17.8 Å². The van der Waals surface area contributed by atoms with Crippen molar-refractivity contribution in [2.45, 2.75) is 18.9 Å². The molecule has 0 aliphatic carbocycles. The Balaban J connectivity index is 3.06. The lowest BCUT2D eigenvalue weighted by molar-refractivity contribution is -0.0962. The summed E-state index contributed by atoms with van der Waals surface area (Å²) in [4.78, 5) is 13.2. The van der Waals surface area contributed by atoms with E-state index in [4.69, 9.17) is 11.6 Å². The van der Waals surface area contributed by atoms with Crippen molar-refractivity contribution in [2.24, 2.45) is 0 Å². The zero-order valence-corrected chi connectivity index (χ0v) is 11.0. The normalized spacial score (nSPS) is 12.5. The standard InChI is InChI=1S/C10H12ClF4N3O/c1-17(2)3-4-18-7(6(11)5-16-18)8(19)10(14,15)9(12)13/h5,9H,3-4H2,1-2H3. The molecule has 0 amide bonds. The minimum absolute atomic E-state index is 0.0834. The number of carbonyl (C=O) groups excluding carboxylic acids is 1. The molecule has 0 aliphatic rings. The summed E-state index contributed by atoms with van der Waals surface area (Å²) >= 11 is 5.57. The predicted molar refractivity (Wildman–Crippen MR) is 61.1 cm³/mol. The first-order valence-corrected chi connectivity index (χ1v) is 5.62. The van der Waals surface area contributed by atoms with Crippen molar-refractivity contribution in [3.05, 3.63) is 16.9 Å². The minimum atomic E-state index is -4.78. The van der Waals surface area contributed by atoms with E-state index in [0.29, 0.717) is 6.54 Å². The summed E-state index contributed by atoms with van der Waals surface area (Å²) in [6.07, 6.45) is -3.11. The molecule has 0 aliphatic heterocycles. The van der Waals surface area contributed by atoms with E-state index in [2.05, 4.69) is 5.10 Å². The van der Waals surface area contributed by atoms with Gasteiger partial charge in [-0.3, -0.25) is 9.48 Å². The highest BCUT2D eigenvalue weighted by atomic mass is 35.5. The minimum Gasteiger partial charge on any atom is -0.308 e. The second kappa shape index (κ2) is 5.87. The van der Waals surface area contributed by atoms with Gasteiger partial charge in [-0.05, 0) is 14.1 Å². The predicted octanol–water partition coefficient (Wildman–Crippen LogP) is 2.18. The van der Waals surface area contributed by atoms with Crippen molar-refractivity contribution < 1.29 is 22.4 Å². The molecule has 0 aromatic carbocycles. The molecule has 0 saturated carbocycles. The van der Waals surface area contributed by atoms with Crippen molar-refractivity contribution in [3.63, 3.8) is 0 Å². The van der Waals surface area contributed by atoms with Gasteiger partial charge in [0.15, 0.2) is 0 Å². The molecule has 0 radical (unpaired) electrons. The van der Waals surface area contributed by atoms with Gasteiger partial charge in [0.25, 0.3) is 5.78 Å². The molecular weight excluding hydrogens is 290 g/mol. The van der Waals surface area contributed by atoms with E-state index < -0.39 is 23.8 Å². The highest BCUT2D eigenvalue weighted by Crippen LogP contribution is 2.30. The van der Waals surface area contributed by atoms with Gasteiger partial charge >= 0.3 is 12.3 Å². The molecule has 0 atom stereocenters. The molecule has 1 heterocycles. The third-order valence-corrected chi connectivity index (χ3v) is 2.62. The first kappa shape index (κ1) is 15.9. The summed E-state index contributed by atoms with van der Waals surface area (Å²) in [5.41, 5.74) is -0.700. The smallest absolute Gasteiger partial charge is 0.308 e. The Kier molecular flexibility index (Phi) is 4.92. The van der Waals surface area contributed by atoms with Crippen LogP contribution in [0.1, 0.15) is 10.5 Å². The first-order valence-electron chi connectivity index (χ1n) is 5.24. The number of nitrogens with zero attached hydrogens (tertiary/aromatic N) is 3. The Labute approximate surface area is 111 Å². The van der Waals surface area contributed by atoms with Gasteiger partial charge in [-0.15, -0.1) is 0 Å². The second-order valence-electron chi connectivity index (χ2n) is 4.12. The van der Waals surface area contributed by atoms with E-state index >= 15 is 0 Å². The van der Waals surface area contributed by atoms with Crippen LogP contribution in [0.15, 0.2) is 6.20 Å². The summed E-state index contributed by atoms with van der Waals surface area (Å²) in [7, 11) is 3.45. The van der Waals surface area contributed by atoms with E-state index in [9.17, 15) is 22.4 Å². The molecule has 1 aromatic rings. The Morgan fingerprint density at radius 3 is 2.58 bits per heavy atom. The molecule has 0 saturated heterocycles. The fraction of sp³-hybridized carbons (Fsp3) is 0.600. The largest absolute Gasteiger partial charge is 0.370 e. The molecule has 108 valence electrons. The maximum Gasteiger partial charge on any atom is 0.370 e. The Morgan fingerprint density at radius 1 is 1.53 bits per heavy atom. The second-order valence-corrected chi connectivity index (χ2v) is 4.53. The highest BCUT2D eigenvalue weighted by Gasteiger charge is 2.51. The lowest BCUT2D eigenvalue weighted by Gasteiger charge is -2.16. The SMILES string of the molecule is CN(C)CCn1ncc(Cl)c1C(=O)C(F)(F)C(F)F. The maximum absolute atomic E-state index is 13.1. The van der Waals surface area contributed by atoms with Crippen molar-refractivity contribution in [3.8, 4) is 0 Å². The van der Waals surface area contributed by atoms with Gasteiger partial charge in [-0.25, -0.2) is 8.78 Å². The number of rotatable bonds is 6. The average Bonchev–Trinajstić information content (AvgIpc) is 2.66. The summed E-state index contributed by atoms with van der Waals surface area (Å²) in [6, 6.07) is 0. The zero-order chi connectivity index (χ0) is 14.8. The topological polar surface area (TPSA) is 38.1 Å². The molecule has 0 bridgehead atoms. The summed E-state index contributed by atoms with van der Waals surface area (Å²) in [6.45, 7) is 0.471. The number of hydrogen-bond donors (Lipinski definition) is 0. The summed E-state index contributed by atoms with van der Waals surface area (Å²) in [5.74, 6) is -6.80. The number of likely N-dealkylation sites (N-methyl/N-ethyl adjacent to an activating group) is 1. The van der Waals surface area contributed by atoms with Gasteiger partial charge in [0, 0.05) is 6.54 Å². The number of hydrogen-bond acceptors (Lipinski definition) is 3. The van der Waals surface area contributed by atoms with Gasteiger partial charge < -0.3 is 4.90 Å². The first-order chi connectivity index (χ1) is 8.67. The molecule has 0 spiro atoms. The monoisotopic (exact) mass is 301 g/mol. The van der Waals surface area contributed by atoms with Gasteiger partial charge in [-0.1, -0.05) is 11.6 Å². The van der Waals surface area contributed by atoms with E-state index in [1.165, 1.54) is 0 Å². The van der Waals surface area contributed by atoms with Crippen LogP contribution in [0.25, 0.3) is 0 Å². The molecule has 1 aromatic heterocycles. The Hall–Kier alpha value is -1.15. The van der Waals surface area contributed by atoms with Gasteiger partial charge in [0.1, 0.15) is 5.69 Å². The van der Waals surface area contributed by atoms with E-state index in [-0.39, 0.29) is 11.6 Å². The number of Topliss-reactive ketones (excluding diaryl/α,β-unsaturated/α-hetero) is 1. The van der Waals surface area contributed by atoms with Crippen LogP contribution in [0.4, 0.5) is 17.6 Å². The molecule has 9 heteroatoms. The molecule has 1 rings (SSSR count). The lowest BCUT2D eigenvalue weighted by atomic mass is 10.1. The van der Waals surface area contributed by atoms with Crippen LogP contribution >= 0.6 is 11.6 Å². The van der Waals surface area contributed by atoms with E-state index in [1.54, 1.807) is 19.0 Å². The molecular formula is C10H12ClF4N3O. The fourth-order valence-electron chi connectivity index (χ4n) is 1.31. The van der Waals surface area contributed by atoms with E-state index in [1.807, 2.05) is 0 Å². The Bertz CT molecular complexity index is 462. The van der Waals surface area contributed by atoms with Crippen LogP contribution in [0.2, 0.25) is 5.02 Å². The van der Waals surface area contributed by atoms with Crippen LogP contribution in [0, 0.1) is 0 Å². The van der Waals surface area contributed by atoms with Crippen molar-refractivity contribution in [1.82, 2.24) is 14.7 Å². The number of halogens is 5. The quantitative estimate of drug-likeness (QED) is 0.597. The van der Waals surface area contributed by atoms with Gasteiger partial charge in [-0.2, -0.15) is 13.9 Å². The van der Waals surface area contributed by atoms with Crippen LogP contribution in [-0.2, 0) is 6.54 Å². The number of ketones is 1. The average molecular weight is 302 g/mol.